The third kappa shape index (κ3) is 4.63. The lowest BCUT2D eigenvalue weighted by Crippen LogP contribution is -2.30. The minimum atomic E-state index is -4.78. The molecule has 1 heterocycles. The van der Waals surface area contributed by atoms with Gasteiger partial charge in [-0.15, -0.1) is 0 Å². The zero-order valence-corrected chi connectivity index (χ0v) is 20.3. The molecule has 3 rings (SSSR count). The highest BCUT2D eigenvalue weighted by Crippen LogP contribution is 2.42. The van der Waals surface area contributed by atoms with Crippen molar-refractivity contribution in [1.29, 1.82) is 0 Å². The number of rotatable bonds is 7. The fourth-order valence-electron chi connectivity index (χ4n) is 3.31. The van der Waals surface area contributed by atoms with E-state index in [0.29, 0.717) is 25.5 Å². The van der Waals surface area contributed by atoms with Crippen molar-refractivity contribution < 1.29 is 30.7 Å². The van der Waals surface area contributed by atoms with Gasteiger partial charge in [0.2, 0.25) is 0 Å². The number of nitrogens with zero attached hydrogens (tertiary/aromatic N) is 1. The quantitative estimate of drug-likeness (QED) is 0.243. The van der Waals surface area contributed by atoms with Crippen LogP contribution in [0.15, 0.2) is 21.6 Å². The smallest absolute Gasteiger partial charge is 0.361 e. The number of hydrogen-bond donors (Lipinski definition) is 0. The molecule has 0 saturated heterocycles. The molecule has 0 aliphatic heterocycles. The molecule has 0 atom stereocenters. The number of hydrogen-bond acceptors (Lipinski definition) is 3. The predicted molar refractivity (Wildman–Crippen MR) is 114 cm³/mol. The van der Waals surface area contributed by atoms with Crippen LogP contribution in [0, 0.1) is 5.82 Å². The average molecular weight is 530 g/mol. The summed E-state index contributed by atoms with van der Waals surface area (Å²) in [7, 11) is -5.22. The molecule has 1 aromatic heterocycles. The van der Waals surface area contributed by atoms with E-state index < -0.39 is 40.7 Å². The normalized spacial score (nSPS) is 16.3. The van der Waals surface area contributed by atoms with E-state index in [2.05, 4.69) is 35.6 Å². The molecule has 1 aliphatic rings. The lowest BCUT2D eigenvalue weighted by Gasteiger charge is -2.26. The van der Waals surface area contributed by atoms with Crippen molar-refractivity contribution in [2.75, 3.05) is 6.61 Å². The van der Waals surface area contributed by atoms with Gasteiger partial charge in [0, 0.05) is 24.5 Å². The molecule has 0 spiro atoms. The molecule has 4 nitrogen and oxygen atoms in total. The van der Waals surface area contributed by atoms with Gasteiger partial charge >= 0.3 is 6.18 Å². The minimum Gasteiger partial charge on any atom is -0.361 e. The molecule has 30 heavy (non-hydrogen) atoms. The first-order valence-electron chi connectivity index (χ1n) is 9.63. The Balaban J connectivity index is 2.12. The average Bonchev–Trinajstić information content (AvgIpc) is 2.92. The molecule has 168 valence electrons. The van der Waals surface area contributed by atoms with Crippen molar-refractivity contribution in [1.82, 2.24) is 4.57 Å². The first-order chi connectivity index (χ1) is 13.7. The monoisotopic (exact) mass is 529 g/mol. The van der Waals surface area contributed by atoms with Gasteiger partial charge in [0.05, 0.1) is 16.3 Å². The number of aromatic nitrogens is 1. The maximum atomic E-state index is 14.8. The fraction of sp³-hybridized carbons (Fsp3) is 0.579. The van der Waals surface area contributed by atoms with Gasteiger partial charge in [-0.2, -0.15) is 13.2 Å². The molecular weight excluding hydrogens is 506 g/mol. The van der Waals surface area contributed by atoms with Gasteiger partial charge in [-0.25, -0.2) is 12.8 Å². The molecule has 1 fully saturated rings. The summed E-state index contributed by atoms with van der Waals surface area (Å²) in [5, 5.41) is -0.936. The zero-order valence-electron chi connectivity index (χ0n) is 16.9. The molecular formula is C19H24BrF4NO3SSi. The lowest BCUT2D eigenvalue weighted by molar-refractivity contribution is -0.138. The predicted octanol–water partition coefficient (Wildman–Crippen LogP) is 6.20. The summed E-state index contributed by atoms with van der Waals surface area (Å²) < 4.78 is 87.3. The summed E-state index contributed by atoms with van der Waals surface area (Å²) in [5.74, 6) is -1.13. The maximum Gasteiger partial charge on any atom is 0.417 e. The van der Waals surface area contributed by atoms with Crippen molar-refractivity contribution in [2.24, 2.45) is 0 Å². The van der Waals surface area contributed by atoms with Crippen molar-refractivity contribution in [3.8, 4) is 0 Å². The Morgan fingerprint density at radius 1 is 1.23 bits per heavy atom. The molecule has 1 aliphatic carbocycles. The zero-order chi connectivity index (χ0) is 22.5. The van der Waals surface area contributed by atoms with Crippen molar-refractivity contribution >= 4 is 44.7 Å². The number of alkyl halides is 3. The highest BCUT2D eigenvalue weighted by atomic mass is 79.9. The number of fused-ring (bicyclic) bond motifs is 1. The van der Waals surface area contributed by atoms with Crippen LogP contribution in [0.2, 0.25) is 25.7 Å². The third-order valence-electron chi connectivity index (χ3n) is 5.33. The number of halogens is 5. The SMILES string of the molecule is C[Si](C)(C)CCOCn1c(S(=O)(=O)C2CCC2)cc2c(Br)c(C(F)(F)F)cc(F)c21. The van der Waals surface area contributed by atoms with Gasteiger partial charge in [-0.1, -0.05) is 26.1 Å². The van der Waals surface area contributed by atoms with Gasteiger partial charge in [0.15, 0.2) is 9.84 Å². The molecule has 2 aromatic rings. The Labute approximate surface area is 182 Å². The Hall–Kier alpha value is -0.913. The first kappa shape index (κ1) is 23.7. The largest absolute Gasteiger partial charge is 0.417 e. The van der Waals surface area contributed by atoms with Gasteiger partial charge < -0.3 is 9.30 Å². The van der Waals surface area contributed by atoms with Crippen LogP contribution in [0.5, 0.6) is 0 Å². The van der Waals surface area contributed by atoms with E-state index in [1.165, 1.54) is 0 Å². The standard InChI is InChI=1S/C19H24BrF4NO3SSi/c1-30(2,3)8-7-28-11-25-16(29(26,27)12-5-4-6-12)9-13-17(20)14(19(22,23)24)10-15(21)18(13)25/h9-10,12H,4-8,11H2,1-3H3. The fourth-order valence-corrected chi connectivity index (χ4v) is 6.74. The Morgan fingerprint density at radius 3 is 2.37 bits per heavy atom. The van der Waals surface area contributed by atoms with Crippen LogP contribution in [0.3, 0.4) is 0 Å². The van der Waals surface area contributed by atoms with Crippen LogP contribution in [-0.4, -0.2) is 32.9 Å². The summed E-state index contributed by atoms with van der Waals surface area (Å²) >= 11 is 2.91. The van der Waals surface area contributed by atoms with Crippen LogP contribution in [0.25, 0.3) is 10.9 Å². The minimum absolute atomic E-state index is 0.131. The van der Waals surface area contributed by atoms with Gasteiger partial charge in [-0.05, 0) is 46.9 Å². The molecule has 0 N–H and O–H groups in total. The van der Waals surface area contributed by atoms with E-state index >= 15 is 0 Å². The van der Waals surface area contributed by atoms with Gasteiger partial charge in [-0.3, -0.25) is 0 Å². The van der Waals surface area contributed by atoms with Crippen LogP contribution >= 0.6 is 15.9 Å². The highest BCUT2D eigenvalue weighted by Gasteiger charge is 2.39. The molecule has 1 aromatic carbocycles. The Kier molecular flexibility index (Phi) is 6.50. The molecule has 0 radical (unpaired) electrons. The number of ether oxygens (including phenoxy) is 1. The summed E-state index contributed by atoms with van der Waals surface area (Å²) in [4.78, 5) is 0. The van der Waals surface area contributed by atoms with Crippen LogP contribution in [-0.2, 0) is 27.5 Å². The maximum absolute atomic E-state index is 14.8. The summed E-state index contributed by atoms with van der Waals surface area (Å²) in [6, 6.07) is 2.35. The number of benzene rings is 1. The lowest BCUT2D eigenvalue weighted by atomic mass is 10.0. The van der Waals surface area contributed by atoms with E-state index in [1.54, 1.807) is 0 Å². The topological polar surface area (TPSA) is 48.3 Å². The highest BCUT2D eigenvalue weighted by molar-refractivity contribution is 9.10. The summed E-state index contributed by atoms with van der Waals surface area (Å²) in [5.41, 5.74) is -1.39. The van der Waals surface area contributed by atoms with E-state index in [0.717, 1.165) is 23.1 Å². The number of sulfone groups is 1. The van der Waals surface area contributed by atoms with Crippen molar-refractivity contribution in [2.45, 2.75) is 68.1 Å². The summed E-state index contributed by atoms with van der Waals surface area (Å²) in [6.07, 6.45) is -3.04. The molecule has 0 bridgehead atoms. The molecule has 1 saturated carbocycles. The van der Waals surface area contributed by atoms with E-state index in [9.17, 15) is 26.0 Å². The van der Waals surface area contributed by atoms with Crippen LogP contribution in [0.1, 0.15) is 24.8 Å². The van der Waals surface area contributed by atoms with Gasteiger partial charge in [0.1, 0.15) is 17.6 Å². The second kappa shape index (κ2) is 8.21. The van der Waals surface area contributed by atoms with Gasteiger partial charge in [0.25, 0.3) is 0 Å². The Bertz CT molecular complexity index is 1060. The first-order valence-corrected chi connectivity index (χ1v) is 15.7. The van der Waals surface area contributed by atoms with Crippen LogP contribution < -0.4 is 0 Å². The van der Waals surface area contributed by atoms with Crippen molar-refractivity contribution in [3.05, 3.63) is 28.0 Å². The van der Waals surface area contributed by atoms with Crippen molar-refractivity contribution in [3.63, 3.8) is 0 Å². The molecule has 0 unspecified atom stereocenters. The summed E-state index contributed by atoms with van der Waals surface area (Å²) in [6.45, 7) is 6.59. The second-order valence-electron chi connectivity index (χ2n) is 8.84. The van der Waals surface area contributed by atoms with Crippen LogP contribution in [0.4, 0.5) is 17.6 Å². The third-order valence-corrected chi connectivity index (χ3v) is 10.2. The van der Waals surface area contributed by atoms with E-state index in [1.807, 2.05) is 0 Å². The van der Waals surface area contributed by atoms with E-state index in [-0.39, 0.29) is 27.1 Å². The second-order valence-corrected chi connectivity index (χ2v) is 17.4. The molecule has 0 amide bonds. The van der Waals surface area contributed by atoms with E-state index in [4.69, 9.17) is 4.74 Å². The Morgan fingerprint density at radius 2 is 1.87 bits per heavy atom. The molecule has 11 heteroatoms.